The number of rotatable bonds is 8. The lowest BCUT2D eigenvalue weighted by Crippen LogP contribution is -2.14. The van der Waals surface area contributed by atoms with E-state index in [4.69, 9.17) is 12.7 Å². The number of hydrogen-bond acceptors (Lipinski definition) is 3. The molecule has 0 aromatic heterocycles. The zero-order chi connectivity index (χ0) is 13.7. The zero-order valence-electron chi connectivity index (χ0n) is 11.7. The molecule has 17 heavy (non-hydrogen) atoms. The SMILES string of the molecule is CC(C)[O][Al][O]C(C)C.CCCCCC(=O)O. The Morgan fingerprint density at radius 1 is 1.12 bits per heavy atom. The van der Waals surface area contributed by atoms with Crippen molar-refractivity contribution in [1.82, 2.24) is 0 Å². The molecule has 0 aromatic rings. The molecule has 0 unspecified atom stereocenters. The fourth-order valence-corrected chi connectivity index (χ4v) is 1.29. The van der Waals surface area contributed by atoms with Crippen molar-refractivity contribution in [3.63, 3.8) is 0 Å². The summed E-state index contributed by atoms with van der Waals surface area (Å²) >= 11 is -0.245. The standard InChI is InChI=1S/C6H12O2.2C3H7O.Al/c1-2-3-4-5-6(7)8;2*1-3(2)4;/h2-5H2,1H3,(H,7,8);2*3H,1-2H3;/q;2*-1;+2. The normalized spacial score (nSPS) is 10.1. The Labute approximate surface area is 112 Å². The lowest BCUT2D eigenvalue weighted by molar-refractivity contribution is -0.137. The fraction of sp³-hybridized carbons (Fsp3) is 0.917. The molecule has 0 fully saturated rings. The Balaban J connectivity index is 0. The first-order chi connectivity index (χ1) is 7.90. The fourth-order valence-electron chi connectivity index (χ4n) is 0.781. The minimum atomic E-state index is -0.682. The van der Waals surface area contributed by atoms with Gasteiger partial charge >= 0.3 is 21.9 Å². The van der Waals surface area contributed by atoms with Gasteiger partial charge in [-0.15, -0.1) is 0 Å². The van der Waals surface area contributed by atoms with Crippen LogP contribution < -0.4 is 0 Å². The largest absolute Gasteiger partial charge is 0.668 e. The number of carbonyl (C=O) groups is 1. The van der Waals surface area contributed by atoms with Gasteiger partial charge in [0.2, 0.25) is 0 Å². The Hall–Kier alpha value is -0.0775. The van der Waals surface area contributed by atoms with Gasteiger partial charge in [0.15, 0.2) is 0 Å². The predicted molar refractivity (Wildman–Crippen MR) is 70.0 cm³/mol. The van der Waals surface area contributed by atoms with Crippen LogP contribution in [0.25, 0.3) is 0 Å². The molecule has 0 spiro atoms. The summed E-state index contributed by atoms with van der Waals surface area (Å²) in [5.41, 5.74) is 0. The third-order valence-corrected chi connectivity index (χ3v) is 2.96. The molecule has 0 aliphatic heterocycles. The summed E-state index contributed by atoms with van der Waals surface area (Å²) in [5.74, 6) is -0.682. The molecule has 0 saturated heterocycles. The van der Waals surface area contributed by atoms with Crippen LogP contribution in [0.5, 0.6) is 0 Å². The molecule has 0 aliphatic carbocycles. The topological polar surface area (TPSA) is 55.8 Å². The first-order valence-electron chi connectivity index (χ1n) is 6.24. The van der Waals surface area contributed by atoms with Gasteiger partial charge in [0, 0.05) is 18.6 Å². The number of carboxylic acids is 1. The smallest absolute Gasteiger partial charge is 0.482 e. The molecule has 0 heterocycles. The minimum Gasteiger partial charge on any atom is -0.482 e. The quantitative estimate of drug-likeness (QED) is 0.539. The maximum absolute atomic E-state index is 9.87. The van der Waals surface area contributed by atoms with E-state index < -0.39 is 5.97 Å². The van der Waals surface area contributed by atoms with Gasteiger partial charge in [-0.2, -0.15) is 0 Å². The Bertz CT molecular complexity index is 164. The highest BCUT2D eigenvalue weighted by Gasteiger charge is 2.01. The highest BCUT2D eigenvalue weighted by atomic mass is 27.2. The predicted octanol–water partition coefficient (Wildman–Crippen LogP) is 3.02. The summed E-state index contributed by atoms with van der Waals surface area (Å²) in [7, 11) is 0. The summed E-state index contributed by atoms with van der Waals surface area (Å²) < 4.78 is 10.4. The molecule has 0 bridgehead atoms. The zero-order valence-corrected chi connectivity index (χ0v) is 12.9. The molecular weight excluding hydrogens is 235 g/mol. The van der Waals surface area contributed by atoms with Crippen LogP contribution in [-0.4, -0.2) is 39.2 Å². The summed E-state index contributed by atoms with van der Waals surface area (Å²) in [6.45, 7) is 10.1. The molecule has 0 aromatic carbocycles. The molecule has 0 saturated carbocycles. The van der Waals surface area contributed by atoms with Crippen molar-refractivity contribution in [2.45, 2.75) is 72.5 Å². The van der Waals surface area contributed by atoms with Crippen molar-refractivity contribution in [3.05, 3.63) is 0 Å². The minimum absolute atomic E-state index is 0.245. The lowest BCUT2D eigenvalue weighted by atomic mass is 10.2. The highest BCUT2D eigenvalue weighted by Crippen LogP contribution is 1.97. The average Bonchev–Trinajstić information content (AvgIpc) is 2.17. The third kappa shape index (κ3) is 25.9. The van der Waals surface area contributed by atoms with Crippen molar-refractivity contribution in [2.24, 2.45) is 0 Å². The molecule has 0 atom stereocenters. The number of aliphatic carboxylic acids is 1. The molecule has 4 nitrogen and oxygen atoms in total. The highest BCUT2D eigenvalue weighted by molar-refractivity contribution is 6.18. The lowest BCUT2D eigenvalue weighted by Gasteiger charge is -2.09. The summed E-state index contributed by atoms with van der Waals surface area (Å²) in [6.07, 6.45) is 3.89. The van der Waals surface area contributed by atoms with Crippen molar-refractivity contribution in [2.75, 3.05) is 0 Å². The van der Waals surface area contributed by atoms with Crippen molar-refractivity contribution in [3.8, 4) is 0 Å². The van der Waals surface area contributed by atoms with E-state index in [1.54, 1.807) is 0 Å². The number of carboxylic acid groups (broad SMARTS) is 1. The maximum Gasteiger partial charge on any atom is 0.668 e. The van der Waals surface area contributed by atoms with Crippen LogP contribution in [0, 0.1) is 0 Å². The van der Waals surface area contributed by atoms with E-state index in [2.05, 4.69) is 6.92 Å². The van der Waals surface area contributed by atoms with E-state index in [1.807, 2.05) is 27.7 Å². The van der Waals surface area contributed by atoms with Crippen LogP contribution in [0.2, 0.25) is 0 Å². The molecule has 5 heteroatoms. The van der Waals surface area contributed by atoms with Crippen LogP contribution in [0.15, 0.2) is 0 Å². The van der Waals surface area contributed by atoms with Crippen molar-refractivity contribution >= 4 is 21.9 Å². The van der Waals surface area contributed by atoms with Crippen LogP contribution in [0.4, 0.5) is 0 Å². The summed E-state index contributed by atoms with van der Waals surface area (Å²) in [6, 6.07) is 0. The number of hydrogen-bond donors (Lipinski definition) is 1. The van der Waals surface area contributed by atoms with Gasteiger partial charge in [0.05, 0.1) is 0 Å². The molecular formula is C12H26AlO4. The monoisotopic (exact) mass is 261 g/mol. The second-order valence-electron chi connectivity index (χ2n) is 4.32. The van der Waals surface area contributed by atoms with Gasteiger partial charge in [-0.05, 0) is 34.1 Å². The van der Waals surface area contributed by atoms with Crippen LogP contribution in [0.3, 0.4) is 0 Å². The Morgan fingerprint density at radius 2 is 1.59 bits per heavy atom. The molecule has 0 aliphatic rings. The first-order valence-corrected chi connectivity index (χ1v) is 7.18. The van der Waals surface area contributed by atoms with Gasteiger partial charge in [0.1, 0.15) is 0 Å². The van der Waals surface area contributed by atoms with E-state index in [0.717, 1.165) is 19.3 Å². The van der Waals surface area contributed by atoms with E-state index in [9.17, 15) is 4.79 Å². The second-order valence-corrected chi connectivity index (χ2v) is 5.05. The maximum atomic E-state index is 9.87. The first kappa shape index (κ1) is 19.3. The molecule has 1 radical (unpaired) electrons. The van der Waals surface area contributed by atoms with E-state index in [0.29, 0.717) is 18.6 Å². The average molecular weight is 261 g/mol. The molecule has 0 rings (SSSR count). The van der Waals surface area contributed by atoms with Crippen LogP contribution >= 0.6 is 0 Å². The van der Waals surface area contributed by atoms with Crippen LogP contribution in [-0.2, 0) is 12.4 Å². The van der Waals surface area contributed by atoms with E-state index >= 15 is 0 Å². The van der Waals surface area contributed by atoms with Crippen molar-refractivity contribution in [1.29, 1.82) is 0 Å². The Morgan fingerprint density at radius 3 is 1.88 bits per heavy atom. The van der Waals surface area contributed by atoms with E-state index in [-0.39, 0.29) is 15.9 Å². The molecule has 0 amide bonds. The molecule has 101 valence electrons. The van der Waals surface area contributed by atoms with E-state index in [1.165, 1.54) is 0 Å². The summed E-state index contributed by atoms with van der Waals surface area (Å²) in [4.78, 5) is 9.87. The van der Waals surface area contributed by atoms with Gasteiger partial charge in [0.25, 0.3) is 0 Å². The Kier molecular flexibility index (Phi) is 15.8. The van der Waals surface area contributed by atoms with Gasteiger partial charge < -0.3 is 12.7 Å². The van der Waals surface area contributed by atoms with Gasteiger partial charge in [-0.25, -0.2) is 0 Å². The van der Waals surface area contributed by atoms with Crippen LogP contribution in [0.1, 0.15) is 60.3 Å². The summed E-state index contributed by atoms with van der Waals surface area (Å²) in [5, 5.41) is 8.14. The molecule has 1 N–H and O–H groups in total. The number of unbranched alkanes of at least 4 members (excludes halogenated alkanes) is 2. The van der Waals surface area contributed by atoms with Gasteiger partial charge in [-0.1, -0.05) is 19.8 Å². The third-order valence-electron chi connectivity index (χ3n) is 1.65. The van der Waals surface area contributed by atoms with Gasteiger partial charge in [-0.3, -0.25) is 4.79 Å². The van der Waals surface area contributed by atoms with Crippen molar-refractivity contribution < 1.29 is 17.5 Å². The second kappa shape index (κ2) is 14.0.